The lowest BCUT2D eigenvalue weighted by atomic mass is 9.96. The minimum absolute atomic E-state index is 0.133. The van der Waals surface area contributed by atoms with Crippen LogP contribution in [0.5, 0.6) is 0 Å². The second-order valence-corrected chi connectivity index (χ2v) is 4.64. The van der Waals surface area contributed by atoms with Crippen LogP contribution in [0.2, 0.25) is 0 Å². The van der Waals surface area contributed by atoms with Crippen LogP contribution in [0.4, 0.5) is 10.6 Å². The highest BCUT2D eigenvalue weighted by Crippen LogP contribution is 2.27. The number of hydrogen-bond donors (Lipinski definition) is 1. The summed E-state index contributed by atoms with van der Waals surface area (Å²) in [5.74, 6) is -3.37. The topological polar surface area (TPSA) is 68.5 Å². The maximum atomic E-state index is 12.2. The Morgan fingerprint density at radius 1 is 1.67 bits per heavy atom. The molecule has 0 spiro atoms. The minimum Gasteiger partial charge on any atom is -0.444 e. The van der Waals surface area contributed by atoms with Crippen molar-refractivity contribution in [2.24, 2.45) is 0 Å². The number of pyridine rings is 1. The van der Waals surface area contributed by atoms with Crippen LogP contribution in [0.25, 0.3) is 0 Å². The first-order chi connectivity index (χ1) is 11.5. The zero-order chi connectivity index (χ0) is 20.5. The molecule has 1 aliphatic heterocycles. The molecule has 0 unspecified atom stereocenters. The summed E-state index contributed by atoms with van der Waals surface area (Å²) in [6.07, 6.45) is -1.31. The van der Waals surface area contributed by atoms with E-state index in [2.05, 4.69) is 4.98 Å². The van der Waals surface area contributed by atoms with Crippen LogP contribution in [0, 0.1) is 0 Å². The van der Waals surface area contributed by atoms with Crippen LogP contribution >= 0.6 is 0 Å². The van der Waals surface area contributed by atoms with Crippen LogP contribution in [-0.2, 0) is 4.74 Å². The number of aromatic nitrogens is 1. The maximum Gasteiger partial charge on any atom is 0.410 e. The third-order valence-electron chi connectivity index (χ3n) is 1.86. The van der Waals surface area contributed by atoms with E-state index in [1.165, 1.54) is 20.8 Å². The predicted octanol–water partition coefficient (Wildman–Crippen LogP) is 2.00. The van der Waals surface area contributed by atoms with E-state index in [1.54, 1.807) is 0 Å². The normalized spacial score (nSPS) is 30.1. The van der Waals surface area contributed by atoms with Gasteiger partial charge in [0.15, 0.2) is 0 Å². The van der Waals surface area contributed by atoms with Crippen LogP contribution in [0.15, 0.2) is 18.1 Å². The number of amides is 1. The van der Waals surface area contributed by atoms with E-state index in [1.807, 2.05) is 0 Å². The highest BCUT2D eigenvalue weighted by molar-refractivity contribution is 5.69. The van der Waals surface area contributed by atoms with Gasteiger partial charge in [-0.1, -0.05) is 6.04 Å². The fourth-order valence-corrected chi connectivity index (χ4v) is 1.18. The minimum atomic E-state index is -2.94. The second-order valence-electron chi connectivity index (χ2n) is 4.64. The van der Waals surface area contributed by atoms with Crippen LogP contribution in [-0.4, -0.2) is 34.6 Å². The standard InChI is InChI=1S/C13H19N3O2/c1-13(2,3)18-12(17)16-7-9(8-16)10-5-4-6-11(14)15-10/h4-6,9H,7-8H2,1-3H3,(H2,14,15)/i4D,5D,6D,7D2,8D2,9D. The molecule has 5 heteroatoms. The fourth-order valence-electron chi connectivity index (χ4n) is 1.18. The Kier molecular flexibility index (Phi) is 1.47. The number of rotatable bonds is 1. The Balaban J connectivity index is 2.60. The summed E-state index contributed by atoms with van der Waals surface area (Å²) in [6, 6.07) is -2.08. The molecule has 2 rings (SSSR count). The lowest BCUT2D eigenvalue weighted by Crippen LogP contribution is -2.50. The summed E-state index contributed by atoms with van der Waals surface area (Å²) in [7, 11) is 0. The number of nitrogens with two attached hydrogens (primary N) is 1. The predicted molar refractivity (Wildman–Crippen MR) is 69.2 cm³/mol. The van der Waals surface area contributed by atoms with Gasteiger partial charge in [0.25, 0.3) is 0 Å². The van der Waals surface area contributed by atoms with E-state index < -0.39 is 60.2 Å². The molecule has 1 saturated heterocycles. The monoisotopic (exact) mass is 257 g/mol. The van der Waals surface area contributed by atoms with E-state index in [0.29, 0.717) is 0 Å². The number of hydrogen-bond acceptors (Lipinski definition) is 4. The van der Waals surface area contributed by atoms with Gasteiger partial charge in [-0.15, -0.1) is 0 Å². The Morgan fingerprint density at radius 2 is 2.33 bits per heavy atom. The van der Waals surface area contributed by atoms with Gasteiger partial charge < -0.3 is 15.4 Å². The molecule has 1 fully saturated rings. The summed E-state index contributed by atoms with van der Waals surface area (Å²) >= 11 is 0. The molecule has 0 bridgehead atoms. The Bertz CT molecular complexity index is 762. The van der Waals surface area contributed by atoms with Gasteiger partial charge in [0.2, 0.25) is 0 Å². The quantitative estimate of drug-likeness (QED) is 0.835. The molecule has 1 aromatic heterocycles. The van der Waals surface area contributed by atoms with Crippen molar-refractivity contribution in [2.45, 2.75) is 32.3 Å². The summed E-state index contributed by atoms with van der Waals surface area (Å²) in [4.78, 5) is 16.0. The molecule has 2 N–H and O–H groups in total. The number of ether oxygens (including phenoxy) is 1. The zero-order valence-electron chi connectivity index (χ0n) is 18.3. The Labute approximate surface area is 118 Å². The van der Waals surface area contributed by atoms with E-state index in [-0.39, 0.29) is 4.90 Å². The smallest absolute Gasteiger partial charge is 0.410 e. The van der Waals surface area contributed by atoms with Gasteiger partial charge >= 0.3 is 6.09 Å². The highest BCUT2D eigenvalue weighted by atomic mass is 16.6. The first kappa shape index (κ1) is 5.91. The molecule has 0 radical (unpaired) electrons. The highest BCUT2D eigenvalue weighted by Gasteiger charge is 2.35. The van der Waals surface area contributed by atoms with Crippen LogP contribution < -0.4 is 5.73 Å². The maximum absolute atomic E-state index is 12.2. The molecule has 0 saturated carbocycles. The van der Waals surface area contributed by atoms with Crippen molar-refractivity contribution in [1.29, 1.82) is 0 Å². The molecule has 1 aromatic rings. The zero-order valence-corrected chi connectivity index (χ0v) is 10.3. The van der Waals surface area contributed by atoms with Crippen molar-refractivity contribution in [1.82, 2.24) is 9.88 Å². The van der Waals surface area contributed by atoms with E-state index >= 15 is 0 Å². The Morgan fingerprint density at radius 3 is 2.94 bits per heavy atom. The van der Waals surface area contributed by atoms with Crippen molar-refractivity contribution in [3.63, 3.8) is 0 Å². The van der Waals surface area contributed by atoms with Gasteiger partial charge in [0.1, 0.15) is 11.4 Å². The molecule has 0 atom stereocenters. The van der Waals surface area contributed by atoms with Gasteiger partial charge in [0, 0.05) is 26.0 Å². The Hall–Kier alpha value is -1.78. The van der Waals surface area contributed by atoms with Crippen LogP contribution in [0.3, 0.4) is 0 Å². The second kappa shape index (κ2) is 4.48. The van der Waals surface area contributed by atoms with Crippen molar-refractivity contribution >= 4 is 11.9 Å². The number of carbonyl (C=O) groups excluding carboxylic acids is 1. The van der Waals surface area contributed by atoms with Gasteiger partial charge in [-0.3, -0.25) is 0 Å². The largest absolute Gasteiger partial charge is 0.444 e. The SMILES string of the molecule is [2H]c1c(N)nc(C2([2H])C([2H])([2H])N(C(=O)OC(C)(C)C)C2([2H])[2H])c([2H])c1[2H]. The molecule has 0 aromatic carbocycles. The number of anilines is 1. The van der Waals surface area contributed by atoms with E-state index in [0.717, 1.165) is 0 Å². The number of carbonyl (C=O) groups is 1. The van der Waals surface area contributed by atoms with Gasteiger partial charge in [-0.2, -0.15) is 0 Å². The molecular formula is C13H19N3O2. The molecule has 98 valence electrons. The molecule has 0 aliphatic carbocycles. The number of nitrogens with zero attached hydrogens (tertiary/aromatic N) is 2. The first-order valence-corrected chi connectivity index (χ1v) is 5.27. The third-order valence-corrected chi connectivity index (χ3v) is 1.86. The van der Waals surface area contributed by atoms with Gasteiger partial charge in [-0.05, 0) is 32.9 Å². The average Bonchev–Trinajstić information content (AvgIpc) is 2.45. The summed E-state index contributed by atoms with van der Waals surface area (Å²) < 4.78 is 68.9. The molecule has 5 nitrogen and oxygen atoms in total. The number of likely N-dealkylation sites (tertiary alicyclic amines) is 1. The molecule has 2 heterocycles. The fraction of sp³-hybridized carbons (Fsp3) is 0.538. The third kappa shape index (κ3) is 2.91. The van der Waals surface area contributed by atoms with Crippen molar-refractivity contribution in [3.8, 4) is 0 Å². The van der Waals surface area contributed by atoms with E-state index in [9.17, 15) is 4.79 Å². The van der Waals surface area contributed by atoms with Gasteiger partial charge in [-0.25, -0.2) is 9.78 Å². The van der Waals surface area contributed by atoms with Crippen molar-refractivity contribution in [2.75, 3.05) is 18.7 Å². The molecule has 1 aliphatic rings. The lowest BCUT2D eigenvalue weighted by Gasteiger charge is -2.39. The summed E-state index contributed by atoms with van der Waals surface area (Å²) in [5.41, 5.74) is 3.71. The molecule has 1 amide bonds. The van der Waals surface area contributed by atoms with E-state index in [4.69, 9.17) is 21.4 Å². The van der Waals surface area contributed by atoms with Gasteiger partial charge in [0.05, 0.1) is 9.60 Å². The van der Waals surface area contributed by atoms with Crippen LogP contribution in [0.1, 0.15) is 43.3 Å². The average molecular weight is 257 g/mol. The number of nitrogen functional groups attached to an aromatic ring is 1. The first-order valence-electron chi connectivity index (χ1n) is 9.27. The molecule has 18 heavy (non-hydrogen) atoms. The lowest BCUT2D eigenvalue weighted by molar-refractivity contribution is 0.00789. The van der Waals surface area contributed by atoms with Crippen molar-refractivity contribution < 1.29 is 20.5 Å². The van der Waals surface area contributed by atoms with Crippen molar-refractivity contribution in [3.05, 3.63) is 23.8 Å². The molecular weight excluding hydrogens is 230 g/mol. The summed E-state index contributed by atoms with van der Waals surface area (Å²) in [5, 5.41) is 0. The summed E-state index contributed by atoms with van der Waals surface area (Å²) in [6.45, 7) is -1.32.